The van der Waals surface area contributed by atoms with Crippen molar-refractivity contribution in [1.82, 2.24) is 20.4 Å². The van der Waals surface area contributed by atoms with E-state index in [1.807, 2.05) is 53.5 Å². The average molecular weight is 479 g/mol. The highest BCUT2D eigenvalue weighted by molar-refractivity contribution is 14.0. The second-order valence-corrected chi connectivity index (χ2v) is 5.86. The van der Waals surface area contributed by atoms with Crippen molar-refractivity contribution in [3.63, 3.8) is 0 Å². The van der Waals surface area contributed by atoms with E-state index < -0.39 is 0 Å². The van der Waals surface area contributed by atoms with Crippen molar-refractivity contribution >= 4 is 29.9 Å². The van der Waals surface area contributed by atoms with Crippen molar-refractivity contribution in [2.24, 2.45) is 4.99 Å². The molecule has 0 aliphatic carbocycles. The highest BCUT2D eigenvalue weighted by atomic mass is 127. The number of hydrogen-bond acceptors (Lipinski definition) is 2. The maximum absolute atomic E-state index is 13.2. The summed E-state index contributed by atoms with van der Waals surface area (Å²) in [6, 6.07) is 16.5. The minimum atomic E-state index is -0.234. The fraction of sp³-hybridized carbons (Fsp3) is 0.200. The highest BCUT2D eigenvalue weighted by Crippen LogP contribution is 2.07. The second-order valence-electron chi connectivity index (χ2n) is 5.86. The van der Waals surface area contributed by atoms with Gasteiger partial charge in [0.15, 0.2) is 5.96 Å². The molecule has 0 saturated heterocycles. The summed E-state index contributed by atoms with van der Waals surface area (Å²) < 4.78 is 15.1. The Morgan fingerprint density at radius 3 is 2.63 bits per heavy atom. The number of para-hydroxylation sites is 1. The molecule has 142 valence electrons. The Morgan fingerprint density at radius 2 is 1.89 bits per heavy atom. The molecule has 0 unspecified atom stereocenters. The second kappa shape index (κ2) is 10.7. The zero-order valence-electron chi connectivity index (χ0n) is 15.1. The first kappa shape index (κ1) is 20.9. The Bertz CT molecular complexity index is 864. The first-order chi connectivity index (χ1) is 12.7. The van der Waals surface area contributed by atoms with Crippen LogP contribution in [-0.2, 0) is 13.0 Å². The van der Waals surface area contributed by atoms with Crippen LogP contribution in [0.5, 0.6) is 0 Å². The molecular formula is C20H23FIN5. The van der Waals surface area contributed by atoms with Crippen molar-refractivity contribution in [2.75, 3.05) is 13.6 Å². The molecule has 7 heteroatoms. The molecule has 2 N–H and O–H groups in total. The Kier molecular flexibility index (Phi) is 8.25. The van der Waals surface area contributed by atoms with Crippen LogP contribution in [0.2, 0.25) is 0 Å². The van der Waals surface area contributed by atoms with Gasteiger partial charge in [-0.3, -0.25) is 4.99 Å². The summed E-state index contributed by atoms with van der Waals surface area (Å²) in [6.07, 6.45) is 4.73. The van der Waals surface area contributed by atoms with Gasteiger partial charge in [0, 0.05) is 26.3 Å². The molecule has 3 aromatic rings. The third kappa shape index (κ3) is 6.35. The number of nitrogens with one attached hydrogen (secondary N) is 2. The fourth-order valence-electron chi connectivity index (χ4n) is 2.59. The van der Waals surface area contributed by atoms with E-state index in [4.69, 9.17) is 0 Å². The van der Waals surface area contributed by atoms with Gasteiger partial charge in [0.25, 0.3) is 0 Å². The van der Waals surface area contributed by atoms with Crippen LogP contribution in [0.4, 0.5) is 4.39 Å². The molecular weight excluding hydrogens is 456 g/mol. The van der Waals surface area contributed by atoms with Gasteiger partial charge in [-0.2, -0.15) is 5.10 Å². The molecule has 0 saturated carbocycles. The number of nitrogens with zero attached hydrogens (tertiary/aromatic N) is 3. The molecule has 1 aromatic heterocycles. The summed E-state index contributed by atoms with van der Waals surface area (Å²) in [6.45, 7) is 1.24. The quantitative estimate of drug-likeness (QED) is 0.323. The zero-order valence-corrected chi connectivity index (χ0v) is 17.4. The van der Waals surface area contributed by atoms with Gasteiger partial charge < -0.3 is 10.6 Å². The SMILES string of the molecule is CN=C(NCCc1cnn(-c2ccccc2)c1)NCc1cccc(F)c1.I. The van der Waals surface area contributed by atoms with Crippen LogP contribution >= 0.6 is 24.0 Å². The molecule has 2 aromatic carbocycles. The van der Waals surface area contributed by atoms with Crippen LogP contribution in [0.3, 0.4) is 0 Å². The monoisotopic (exact) mass is 479 g/mol. The van der Waals surface area contributed by atoms with E-state index in [0.29, 0.717) is 12.5 Å². The lowest BCUT2D eigenvalue weighted by molar-refractivity contribution is 0.624. The number of aliphatic imine (C=N–C) groups is 1. The van der Waals surface area contributed by atoms with Crippen LogP contribution in [0.15, 0.2) is 72.0 Å². The molecule has 0 fully saturated rings. The Morgan fingerprint density at radius 1 is 1.07 bits per heavy atom. The minimum Gasteiger partial charge on any atom is -0.356 e. The Labute approximate surface area is 175 Å². The third-order valence-corrected chi connectivity index (χ3v) is 3.94. The first-order valence-corrected chi connectivity index (χ1v) is 8.52. The molecule has 5 nitrogen and oxygen atoms in total. The molecule has 0 aliphatic heterocycles. The van der Waals surface area contributed by atoms with E-state index in [0.717, 1.165) is 29.8 Å². The molecule has 1 heterocycles. The van der Waals surface area contributed by atoms with Crippen LogP contribution in [-0.4, -0.2) is 29.3 Å². The lowest BCUT2D eigenvalue weighted by Crippen LogP contribution is -2.37. The van der Waals surface area contributed by atoms with Crippen LogP contribution in [0.25, 0.3) is 5.69 Å². The summed E-state index contributed by atoms with van der Waals surface area (Å²) >= 11 is 0. The van der Waals surface area contributed by atoms with Gasteiger partial charge in [-0.05, 0) is 41.8 Å². The van der Waals surface area contributed by atoms with E-state index >= 15 is 0 Å². The van der Waals surface area contributed by atoms with Gasteiger partial charge in [0.05, 0.1) is 11.9 Å². The predicted octanol–water partition coefficient (Wildman–Crippen LogP) is 3.54. The third-order valence-electron chi connectivity index (χ3n) is 3.94. The van der Waals surface area contributed by atoms with Gasteiger partial charge in [-0.1, -0.05) is 30.3 Å². The van der Waals surface area contributed by atoms with Gasteiger partial charge in [0.2, 0.25) is 0 Å². The molecule has 0 aliphatic rings. The van der Waals surface area contributed by atoms with E-state index in [-0.39, 0.29) is 29.8 Å². The lowest BCUT2D eigenvalue weighted by atomic mass is 10.2. The largest absolute Gasteiger partial charge is 0.356 e. The highest BCUT2D eigenvalue weighted by Gasteiger charge is 2.03. The molecule has 0 atom stereocenters. The summed E-state index contributed by atoms with van der Waals surface area (Å²) in [5.41, 5.74) is 3.05. The van der Waals surface area contributed by atoms with Crippen molar-refractivity contribution in [1.29, 1.82) is 0 Å². The first-order valence-electron chi connectivity index (χ1n) is 8.52. The fourth-order valence-corrected chi connectivity index (χ4v) is 2.59. The number of benzene rings is 2. The van der Waals surface area contributed by atoms with Crippen molar-refractivity contribution in [3.05, 3.63) is 83.9 Å². The van der Waals surface area contributed by atoms with Gasteiger partial charge >= 0.3 is 0 Å². The minimum absolute atomic E-state index is 0. The number of hydrogen-bond donors (Lipinski definition) is 2. The van der Waals surface area contributed by atoms with E-state index in [1.165, 1.54) is 12.1 Å². The summed E-state index contributed by atoms with van der Waals surface area (Å²) in [4.78, 5) is 4.19. The van der Waals surface area contributed by atoms with E-state index in [1.54, 1.807) is 13.1 Å². The number of halogens is 2. The van der Waals surface area contributed by atoms with Crippen LogP contribution < -0.4 is 10.6 Å². The van der Waals surface area contributed by atoms with Gasteiger partial charge in [0.1, 0.15) is 5.82 Å². The Hall–Kier alpha value is -2.42. The summed E-state index contributed by atoms with van der Waals surface area (Å²) in [5.74, 6) is 0.451. The molecule has 0 spiro atoms. The molecule has 0 radical (unpaired) electrons. The molecule has 3 rings (SSSR count). The van der Waals surface area contributed by atoms with Crippen LogP contribution in [0.1, 0.15) is 11.1 Å². The number of rotatable bonds is 6. The predicted molar refractivity (Wildman–Crippen MR) is 117 cm³/mol. The standard InChI is InChI=1S/C20H22FN5.HI/c1-22-20(24-13-16-6-5-7-18(21)12-16)23-11-10-17-14-25-26(15-17)19-8-3-2-4-9-19;/h2-9,12,14-15H,10-11,13H2,1H3,(H2,22,23,24);1H. The topological polar surface area (TPSA) is 54.2 Å². The lowest BCUT2D eigenvalue weighted by Gasteiger charge is -2.11. The van der Waals surface area contributed by atoms with Crippen LogP contribution in [0, 0.1) is 5.82 Å². The zero-order chi connectivity index (χ0) is 18.2. The molecule has 0 amide bonds. The van der Waals surface area contributed by atoms with Crippen molar-refractivity contribution in [3.8, 4) is 5.69 Å². The number of aromatic nitrogens is 2. The molecule has 27 heavy (non-hydrogen) atoms. The van der Waals surface area contributed by atoms with E-state index in [9.17, 15) is 4.39 Å². The van der Waals surface area contributed by atoms with Crippen molar-refractivity contribution in [2.45, 2.75) is 13.0 Å². The average Bonchev–Trinajstić information content (AvgIpc) is 3.14. The van der Waals surface area contributed by atoms with Crippen molar-refractivity contribution < 1.29 is 4.39 Å². The smallest absolute Gasteiger partial charge is 0.191 e. The maximum Gasteiger partial charge on any atom is 0.191 e. The van der Waals surface area contributed by atoms with Gasteiger partial charge in [-0.15, -0.1) is 24.0 Å². The molecule has 0 bridgehead atoms. The Balaban J connectivity index is 0.00000261. The summed E-state index contributed by atoms with van der Waals surface area (Å²) in [5, 5.41) is 10.8. The normalized spacial score (nSPS) is 11.0. The summed E-state index contributed by atoms with van der Waals surface area (Å²) in [7, 11) is 1.72. The maximum atomic E-state index is 13.2. The van der Waals surface area contributed by atoms with Gasteiger partial charge in [-0.25, -0.2) is 9.07 Å². The number of guanidine groups is 1. The van der Waals surface area contributed by atoms with E-state index in [2.05, 4.69) is 20.7 Å².